The number of primary amides is 1. The van der Waals surface area contributed by atoms with Gasteiger partial charge in [-0.05, 0) is 43.1 Å². The van der Waals surface area contributed by atoms with E-state index in [4.69, 9.17) is 19.9 Å². The van der Waals surface area contributed by atoms with Crippen molar-refractivity contribution < 1.29 is 24.1 Å². The molecule has 1 atom stereocenters. The molecule has 1 aromatic carbocycles. The van der Waals surface area contributed by atoms with Crippen molar-refractivity contribution in [1.29, 1.82) is 0 Å². The predicted molar refractivity (Wildman–Crippen MR) is 104 cm³/mol. The first-order chi connectivity index (χ1) is 13.0. The molecule has 0 aliphatic carbocycles. The standard InChI is InChI=1S/C19H33N3O5/c1-15(2)13-25-10-11-26-17-4-6-18(7-5-17)27-14-16(23)12-21-8-3-9-22-19(20)24/h4-7,15-16,21,23H,3,8-14H2,1-2H3,(H3,20,22,24). The molecule has 1 unspecified atom stereocenters. The summed E-state index contributed by atoms with van der Waals surface area (Å²) < 4.78 is 16.6. The monoisotopic (exact) mass is 383 g/mol. The van der Waals surface area contributed by atoms with Crippen LogP contribution in [0.2, 0.25) is 0 Å². The molecule has 0 fully saturated rings. The summed E-state index contributed by atoms with van der Waals surface area (Å²) in [6, 6.07) is 6.74. The van der Waals surface area contributed by atoms with Crippen molar-refractivity contribution in [1.82, 2.24) is 10.6 Å². The summed E-state index contributed by atoms with van der Waals surface area (Å²) in [5.74, 6) is 1.94. The average molecular weight is 383 g/mol. The summed E-state index contributed by atoms with van der Waals surface area (Å²) in [7, 11) is 0. The van der Waals surface area contributed by atoms with Crippen LogP contribution in [0.3, 0.4) is 0 Å². The van der Waals surface area contributed by atoms with Crippen LogP contribution in [0.1, 0.15) is 20.3 Å². The topological polar surface area (TPSA) is 115 Å². The van der Waals surface area contributed by atoms with Crippen LogP contribution in [0.25, 0.3) is 0 Å². The van der Waals surface area contributed by atoms with E-state index in [0.29, 0.717) is 44.5 Å². The quantitative estimate of drug-likeness (QED) is 0.338. The van der Waals surface area contributed by atoms with E-state index >= 15 is 0 Å². The van der Waals surface area contributed by atoms with Crippen molar-refractivity contribution in [3.05, 3.63) is 24.3 Å². The smallest absolute Gasteiger partial charge is 0.312 e. The predicted octanol–water partition coefficient (Wildman–Crippen LogP) is 1.13. The lowest BCUT2D eigenvalue weighted by Crippen LogP contribution is -2.34. The van der Waals surface area contributed by atoms with Crippen molar-refractivity contribution in [3.8, 4) is 11.5 Å². The minimum absolute atomic E-state index is 0.190. The van der Waals surface area contributed by atoms with E-state index in [1.54, 1.807) is 12.1 Å². The molecule has 8 heteroatoms. The zero-order valence-electron chi connectivity index (χ0n) is 16.3. The second-order valence-corrected chi connectivity index (χ2v) is 6.60. The zero-order valence-corrected chi connectivity index (χ0v) is 16.3. The molecule has 0 aliphatic heterocycles. The molecule has 1 rings (SSSR count). The molecule has 2 amide bonds. The summed E-state index contributed by atoms with van der Waals surface area (Å²) >= 11 is 0. The molecular formula is C19H33N3O5. The lowest BCUT2D eigenvalue weighted by atomic mass is 10.2. The lowest BCUT2D eigenvalue weighted by molar-refractivity contribution is 0.0818. The number of aliphatic hydroxyl groups excluding tert-OH is 1. The first kappa shape index (κ1) is 23.0. The highest BCUT2D eigenvalue weighted by molar-refractivity contribution is 5.71. The van der Waals surface area contributed by atoms with Crippen molar-refractivity contribution in [2.75, 3.05) is 46.1 Å². The summed E-state index contributed by atoms with van der Waals surface area (Å²) in [5.41, 5.74) is 4.97. The van der Waals surface area contributed by atoms with Gasteiger partial charge in [-0.1, -0.05) is 13.8 Å². The van der Waals surface area contributed by atoms with Gasteiger partial charge in [0.1, 0.15) is 30.8 Å². The van der Waals surface area contributed by atoms with Crippen LogP contribution >= 0.6 is 0 Å². The molecular weight excluding hydrogens is 350 g/mol. The molecule has 0 saturated heterocycles. The minimum atomic E-state index is -0.622. The SMILES string of the molecule is CC(C)COCCOc1ccc(OCC(O)CNCCCNC(N)=O)cc1. The number of nitrogens with two attached hydrogens (primary N) is 1. The number of aliphatic hydroxyl groups is 1. The largest absolute Gasteiger partial charge is 0.491 e. The van der Waals surface area contributed by atoms with Gasteiger partial charge in [-0.25, -0.2) is 4.79 Å². The Morgan fingerprint density at radius 3 is 2.37 bits per heavy atom. The fourth-order valence-electron chi connectivity index (χ4n) is 2.11. The molecule has 154 valence electrons. The number of rotatable bonds is 15. The van der Waals surface area contributed by atoms with Gasteiger partial charge in [0.2, 0.25) is 0 Å². The number of urea groups is 1. The molecule has 0 spiro atoms. The average Bonchev–Trinajstić information content (AvgIpc) is 2.63. The van der Waals surface area contributed by atoms with Gasteiger partial charge in [0.05, 0.1) is 6.61 Å². The zero-order chi connectivity index (χ0) is 19.9. The maximum Gasteiger partial charge on any atom is 0.312 e. The van der Waals surface area contributed by atoms with Crippen molar-refractivity contribution in [3.63, 3.8) is 0 Å². The number of hydrogen-bond acceptors (Lipinski definition) is 6. The normalized spacial score (nSPS) is 12.0. The maximum atomic E-state index is 10.5. The van der Waals surface area contributed by atoms with Gasteiger partial charge in [-0.3, -0.25) is 0 Å². The molecule has 0 radical (unpaired) electrons. The van der Waals surface area contributed by atoms with E-state index in [-0.39, 0.29) is 6.61 Å². The van der Waals surface area contributed by atoms with E-state index in [1.807, 2.05) is 12.1 Å². The van der Waals surface area contributed by atoms with Crippen LogP contribution in [0.15, 0.2) is 24.3 Å². The van der Waals surface area contributed by atoms with Crippen LogP contribution in [-0.2, 0) is 4.74 Å². The van der Waals surface area contributed by atoms with E-state index < -0.39 is 12.1 Å². The fraction of sp³-hybridized carbons (Fsp3) is 0.632. The maximum absolute atomic E-state index is 10.5. The van der Waals surface area contributed by atoms with E-state index in [0.717, 1.165) is 18.8 Å². The van der Waals surface area contributed by atoms with Gasteiger partial charge in [0.25, 0.3) is 0 Å². The van der Waals surface area contributed by atoms with Gasteiger partial charge in [0, 0.05) is 19.7 Å². The molecule has 0 aliphatic rings. The Morgan fingerprint density at radius 1 is 1.07 bits per heavy atom. The minimum Gasteiger partial charge on any atom is -0.491 e. The van der Waals surface area contributed by atoms with Crippen molar-refractivity contribution >= 4 is 6.03 Å². The van der Waals surface area contributed by atoms with E-state index in [2.05, 4.69) is 24.5 Å². The highest BCUT2D eigenvalue weighted by Crippen LogP contribution is 2.17. The summed E-state index contributed by atoms with van der Waals surface area (Å²) in [6.45, 7) is 7.80. The Balaban J connectivity index is 2.09. The molecule has 0 heterocycles. The summed E-state index contributed by atoms with van der Waals surface area (Å²) in [6.07, 6.45) is 0.114. The van der Waals surface area contributed by atoms with Crippen LogP contribution in [0.5, 0.6) is 11.5 Å². The Labute approximate surface area is 161 Å². The number of hydrogen-bond donors (Lipinski definition) is 4. The van der Waals surface area contributed by atoms with Gasteiger partial charge < -0.3 is 35.7 Å². The Kier molecular flexibility index (Phi) is 12.0. The highest BCUT2D eigenvalue weighted by atomic mass is 16.5. The fourth-order valence-corrected chi connectivity index (χ4v) is 2.11. The second kappa shape index (κ2) is 14.1. The third-order valence-electron chi connectivity index (χ3n) is 3.42. The lowest BCUT2D eigenvalue weighted by Gasteiger charge is -2.14. The second-order valence-electron chi connectivity index (χ2n) is 6.60. The molecule has 0 bridgehead atoms. The molecule has 8 nitrogen and oxygen atoms in total. The van der Waals surface area contributed by atoms with Crippen molar-refractivity contribution in [2.24, 2.45) is 11.7 Å². The molecule has 0 saturated carbocycles. The number of benzene rings is 1. The first-order valence-electron chi connectivity index (χ1n) is 9.33. The van der Waals surface area contributed by atoms with Crippen LogP contribution < -0.4 is 25.8 Å². The van der Waals surface area contributed by atoms with Crippen LogP contribution in [-0.4, -0.2) is 63.3 Å². The number of carbonyl (C=O) groups excluding carboxylic acids is 1. The van der Waals surface area contributed by atoms with Crippen LogP contribution in [0, 0.1) is 5.92 Å². The van der Waals surface area contributed by atoms with Gasteiger partial charge in [-0.2, -0.15) is 0 Å². The summed E-state index contributed by atoms with van der Waals surface area (Å²) in [4.78, 5) is 10.5. The number of nitrogens with one attached hydrogen (secondary N) is 2. The Bertz CT molecular complexity index is 511. The third-order valence-corrected chi connectivity index (χ3v) is 3.42. The Hall–Kier alpha value is -2.03. The molecule has 5 N–H and O–H groups in total. The number of ether oxygens (including phenoxy) is 3. The van der Waals surface area contributed by atoms with E-state index in [9.17, 15) is 9.90 Å². The van der Waals surface area contributed by atoms with Gasteiger partial charge in [-0.15, -0.1) is 0 Å². The first-order valence-corrected chi connectivity index (χ1v) is 9.33. The summed E-state index contributed by atoms with van der Waals surface area (Å²) in [5, 5.41) is 15.5. The van der Waals surface area contributed by atoms with Gasteiger partial charge in [0.15, 0.2) is 0 Å². The number of amides is 2. The number of carbonyl (C=O) groups is 1. The third kappa shape index (κ3) is 12.9. The van der Waals surface area contributed by atoms with Crippen LogP contribution in [0.4, 0.5) is 4.79 Å². The van der Waals surface area contributed by atoms with Crippen molar-refractivity contribution in [2.45, 2.75) is 26.4 Å². The highest BCUT2D eigenvalue weighted by Gasteiger charge is 2.05. The van der Waals surface area contributed by atoms with E-state index in [1.165, 1.54) is 0 Å². The molecule has 0 aromatic heterocycles. The molecule has 1 aromatic rings. The molecule has 27 heavy (non-hydrogen) atoms. The van der Waals surface area contributed by atoms with Gasteiger partial charge >= 0.3 is 6.03 Å². The Morgan fingerprint density at radius 2 is 1.74 bits per heavy atom.